The van der Waals surface area contributed by atoms with Crippen LogP contribution in [0.4, 0.5) is 5.69 Å². The SMILES string of the molecule is CCC(=Cc1cnccc1N1CCC(COc2ccc3c(c2)CN(C(=N)N)CC3)CC1)C(=O)O. The van der Waals surface area contributed by atoms with Gasteiger partial charge in [0.15, 0.2) is 5.96 Å². The lowest BCUT2D eigenvalue weighted by Gasteiger charge is -2.34. The van der Waals surface area contributed by atoms with Crippen LogP contribution in [0.15, 0.2) is 42.2 Å². The van der Waals surface area contributed by atoms with Gasteiger partial charge in [0.1, 0.15) is 5.75 Å². The largest absolute Gasteiger partial charge is 0.493 e. The molecule has 2 aromatic rings. The number of benzene rings is 1. The number of rotatable bonds is 7. The molecule has 0 aliphatic carbocycles. The Balaban J connectivity index is 1.34. The van der Waals surface area contributed by atoms with Gasteiger partial charge in [-0.25, -0.2) is 4.79 Å². The summed E-state index contributed by atoms with van der Waals surface area (Å²) in [5, 5.41) is 17.1. The fourth-order valence-electron chi connectivity index (χ4n) is 4.68. The molecule has 3 heterocycles. The summed E-state index contributed by atoms with van der Waals surface area (Å²) in [6.45, 7) is 5.75. The zero-order valence-corrected chi connectivity index (χ0v) is 19.7. The van der Waals surface area contributed by atoms with Crippen molar-refractivity contribution in [3.63, 3.8) is 0 Å². The molecule has 34 heavy (non-hydrogen) atoms. The number of carboxylic acid groups (broad SMARTS) is 1. The first-order valence-electron chi connectivity index (χ1n) is 11.9. The van der Waals surface area contributed by atoms with E-state index in [0.29, 0.717) is 31.1 Å². The zero-order valence-electron chi connectivity index (χ0n) is 19.7. The van der Waals surface area contributed by atoms with Gasteiger partial charge in [-0.1, -0.05) is 13.0 Å². The van der Waals surface area contributed by atoms with Crippen LogP contribution in [0, 0.1) is 11.3 Å². The van der Waals surface area contributed by atoms with Crippen LogP contribution in [0.2, 0.25) is 0 Å². The van der Waals surface area contributed by atoms with Crippen molar-refractivity contribution in [2.24, 2.45) is 11.7 Å². The molecule has 8 nitrogen and oxygen atoms in total. The van der Waals surface area contributed by atoms with E-state index in [1.165, 1.54) is 11.1 Å². The molecule has 0 saturated carbocycles. The molecule has 1 aromatic heterocycles. The molecule has 4 N–H and O–H groups in total. The van der Waals surface area contributed by atoms with Crippen molar-refractivity contribution in [2.75, 3.05) is 31.1 Å². The molecule has 0 bridgehead atoms. The van der Waals surface area contributed by atoms with Crippen LogP contribution in [0.25, 0.3) is 6.08 Å². The Morgan fingerprint density at radius 2 is 2.06 bits per heavy atom. The second kappa shape index (κ2) is 10.6. The van der Waals surface area contributed by atoms with Gasteiger partial charge >= 0.3 is 5.97 Å². The van der Waals surface area contributed by atoms with Crippen molar-refractivity contribution >= 4 is 23.7 Å². The van der Waals surface area contributed by atoms with Crippen LogP contribution < -0.4 is 15.4 Å². The molecule has 8 heteroatoms. The average molecular weight is 464 g/mol. The number of hydrogen-bond donors (Lipinski definition) is 3. The molecule has 1 fully saturated rings. The number of aliphatic carboxylic acids is 1. The minimum Gasteiger partial charge on any atom is -0.493 e. The maximum Gasteiger partial charge on any atom is 0.331 e. The normalized spacial score (nSPS) is 16.8. The van der Waals surface area contributed by atoms with E-state index in [0.717, 1.165) is 55.9 Å². The van der Waals surface area contributed by atoms with Crippen molar-refractivity contribution in [3.05, 3.63) is 58.9 Å². The Morgan fingerprint density at radius 3 is 2.76 bits per heavy atom. The van der Waals surface area contributed by atoms with Crippen molar-refractivity contribution in [2.45, 2.75) is 39.2 Å². The lowest BCUT2D eigenvalue weighted by atomic mass is 9.96. The minimum absolute atomic E-state index is 0.116. The molecular formula is C26H33N5O3. The highest BCUT2D eigenvalue weighted by molar-refractivity contribution is 5.93. The van der Waals surface area contributed by atoms with Crippen molar-refractivity contribution in [3.8, 4) is 5.75 Å². The minimum atomic E-state index is -0.885. The Hall–Kier alpha value is -3.55. The molecule has 2 aliphatic rings. The van der Waals surface area contributed by atoms with Gasteiger partial charge in [-0.15, -0.1) is 0 Å². The summed E-state index contributed by atoms with van der Waals surface area (Å²) in [7, 11) is 0. The number of nitrogens with two attached hydrogens (primary N) is 1. The summed E-state index contributed by atoms with van der Waals surface area (Å²) in [4.78, 5) is 19.8. The third-order valence-corrected chi connectivity index (χ3v) is 6.78. The average Bonchev–Trinajstić information content (AvgIpc) is 2.86. The molecule has 1 saturated heterocycles. The third-order valence-electron chi connectivity index (χ3n) is 6.78. The van der Waals surface area contributed by atoms with E-state index in [1.807, 2.05) is 24.0 Å². The number of aromatic nitrogens is 1. The van der Waals surface area contributed by atoms with Gasteiger partial charge in [-0.3, -0.25) is 10.4 Å². The maximum absolute atomic E-state index is 11.4. The van der Waals surface area contributed by atoms with E-state index in [-0.39, 0.29) is 5.96 Å². The zero-order chi connectivity index (χ0) is 24.1. The van der Waals surface area contributed by atoms with Gasteiger partial charge in [0.05, 0.1) is 6.61 Å². The second-order valence-corrected chi connectivity index (χ2v) is 8.99. The van der Waals surface area contributed by atoms with Gasteiger partial charge in [0.25, 0.3) is 0 Å². The lowest BCUT2D eigenvalue weighted by Crippen LogP contribution is -2.40. The number of ether oxygens (including phenoxy) is 1. The number of pyridine rings is 1. The highest BCUT2D eigenvalue weighted by atomic mass is 16.5. The predicted octanol–water partition coefficient (Wildman–Crippen LogP) is 3.51. The second-order valence-electron chi connectivity index (χ2n) is 8.99. The van der Waals surface area contributed by atoms with Crippen molar-refractivity contribution in [1.82, 2.24) is 9.88 Å². The van der Waals surface area contributed by atoms with E-state index < -0.39 is 5.97 Å². The van der Waals surface area contributed by atoms with Gasteiger partial charge in [-0.2, -0.15) is 0 Å². The van der Waals surface area contributed by atoms with E-state index >= 15 is 0 Å². The summed E-state index contributed by atoms with van der Waals surface area (Å²) in [6, 6.07) is 8.23. The Morgan fingerprint density at radius 1 is 1.26 bits per heavy atom. The van der Waals surface area contributed by atoms with Crippen LogP contribution in [-0.2, 0) is 17.8 Å². The van der Waals surface area contributed by atoms with Crippen LogP contribution >= 0.6 is 0 Å². The number of carboxylic acids is 1. The fraction of sp³-hybridized carbons (Fsp3) is 0.423. The predicted molar refractivity (Wildman–Crippen MR) is 133 cm³/mol. The molecule has 0 radical (unpaired) electrons. The number of carbonyl (C=O) groups is 1. The van der Waals surface area contributed by atoms with Gasteiger partial charge < -0.3 is 25.4 Å². The number of anilines is 1. The van der Waals surface area contributed by atoms with E-state index in [1.54, 1.807) is 18.5 Å². The number of nitrogens with one attached hydrogen (secondary N) is 1. The monoisotopic (exact) mass is 463 g/mol. The van der Waals surface area contributed by atoms with Crippen molar-refractivity contribution < 1.29 is 14.6 Å². The quantitative estimate of drug-likeness (QED) is 0.327. The first kappa shape index (κ1) is 23.6. The van der Waals surface area contributed by atoms with Crippen LogP contribution in [0.1, 0.15) is 42.9 Å². The summed E-state index contributed by atoms with van der Waals surface area (Å²) in [5.74, 6) is 0.566. The van der Waals surface area contributed by atoms with Crippen LogP contribution in [0.3, 0.4) is 0 Å². The Labute approximate surface area is 200 Å². The summed E-state index contributed by atoms with van der Waals surface area (Å²) in [5.41, 5.74) is 10.4. The number of fused-ring (bicyclic) bond motifs is 1. The van der Waals surface area contributed by atoms with Gasteiger partial charge in [-0.05, 0) is 67.0 Å². The Bertz CT molecular complexity index is 1080. The molecule has 0 atom stereocenters. The molecule has 0 unspecified atom stereocenters. The molecule has 1 aromatic carbocycles. The number of hydrogen-bond acceptors (Lipinski definition) is 5. The van der Waals surface area contributed by atoms with E-state index in [2.05, 4.69) is 22.0 Å². The van der Waals surface area contributed by atoms with Crippen LogP contribution in [-0.4, -0.2) is 53.2 Å². The smallest absolute Gasteiger partial charge is 0.331 e. The maximum atomic E-state index is 11.4. The Kier molecular flexibility index (Phi) is 7.35. The summed E-state index contributed by atoms with van der Waals surface area (Å²) < 4.78 is 6.16. The number of nitrogens with zero attached hydrogens (tertiary/aromatic N) is 3. The van der Waals surface area contributed by atoms with Crippen LogP contribution in [0.5, 0.6) is 5.75 Å². The van der Waals surface area contributed by atoms with Gasteiger partial charge in [0.2, 0.25) is 0 Å². The molecule has 4 rings (SSSR count). The molecule has 180 valence electrons. The van der Waals surface area contributed by atoms with Gasteiger partial charge in [0, 0.05) is 55.4 Å². The van der Waals surface area contributed by atoms with Crippen molar-refractivity contribution in [1.29, 1.82) is 5.41 Å². The number of piperidine rings is 1. The summed E-state index contributed by atoms with van der Waals surface area (Å²) in [6.07, 6.45) is 8.63. The first-order chi connectivity index (χ1) is 16.4. The molecular weight excluding hydrogens is 430 g/mol. The highest BCUT2D eigenvalue weighted by Gasteiger charge is 2.22. The topological polar surface area (TPSA) is 116 Å². The summed E-state index contributed by atoms with van der Waals surface area (Å²) >= 11 is 0. The lowest BCUT2D eigenvalue weighted by molar-refractivity contribution is -0.132. The first-order valence-corrected chi connectivity index (χ1v) is 11.9. The van der Waals surface area contributed by atoms with E-state index in [4.69, 9.17) is 15.9 Å². The fourth-order valence-corrected chi connectivity index (χ4v) is 4.68. The highest BCUT2D eigenvalue weighted by Crippen LogP contribution is 2.29. The molecule has 2 aliphatic heterocycles. The molecule has 0 amide bonds. The third kappa shape index (κ3) is 5.50. The van der Waals surface area contributed by atoms with E-state index in [9.17, 15) is 9.90 Å². The molecule has 0 spiro atoms. The number of guanidine groups is 1. The standard InChI is InChI=1S/C26H33N5O3/c1-2-19(25(32)33)13-21-15-29-9-5-24(21)30-10-6-18(7-11-30)17-34-23-4-3-20-8-12-31(26(27)28)16-22(20)14-23/h3-5,9,13-15,18H,2,6-8,10-12,16-17H2,1H3,(H3,27,28)(H,32,33).